The van der Waals surface area contributed by atoms with E-state index in [0.717, 1.165) is 62.4 Å². The van der Waals surface area contributed by atoms with E-state index >= 15 is 0 Å². The van der Waals surface area contributed by atoms with Gasteiger partial charge in [-0.3, -0.25) is 9.59 Å². The Morgan fingerprint density at radius 3 is 2.30 bits per heavy atom. The molecule has 1 fully saturated rings. The highest BCUT2D eigenvalue weighted by molar-refractivity contribution is 7.94. The van der Waals surface area contributed by atoms with Crippen LogP contribution in [0.3, 0.4) is 0 Å². The van der Waals surface area contributed by atoms with Gasteiger partial charge in [-0.1, -0.05) is 68.4 Å². The summed E-state index contributed by atoms with van der Waals surface area (Å²) in [5.41, 5.74) is 3.30. The molecule has 0 bridgehead atoms. The van der Waals surface area contributed by atoms with E-state index in [4.69, 9.17) is 32.9 Å². The Morgan fingerprint density at radius 2 is 1.59 bits per heavy atom. The number of benzene rings is 2. The molecule has 0 saturated carbocycles. The summed E-state index contributed by atoms with van der Waals surface area (Å²) in [6, 6.07) is 14.2. The van der Waals surface area contributed by atoms with Gasteiger partial charge in [-0.25, -0.2) is 26.3 Å². The van der Waals surface area contributed by atoms with Gasteiger partial charge in [0, 0.05) is 48.9 Å². The second kappa shape index (κ2) is 20.7. The lowest BCUT2D eigenvalue weighted by atomic mass is 10.1. The largest absolute Gasteiger partial charge is 0.460 e. The summed E-state index contributed by atoms with van der Waals surface area (Å²) < 4.78 is 63.0. The summed E-state index contributed by atoms with van der Waals surface area (Å²) in [4.78, 5) is 36.9. The highest BCUT2D eigenvalue weighted by Crippen LogP contribution is 2.28. The van der Waals surface area contributed by atoms with Crippen LogP contribution in [-0.2, 0) is 31.4 Å². The minimum atomic E-state index is -4.37. The van der Waals surface area contributed by atoms with Crippen LogP contribution in [0.2, 0.25) is 10.0 Å². The molecule has 0 aliphatic carbocycles. The number of fused-ring (bicyclic) bond motifs is 1. The van der Waals surface area contributed by atoms with Crippen molar-refractivity contribution in [2.24, 2.45) is 0 Å². The molecule has 2 aromatic carbocycles. The summed E-state index contributed by atoms with van der Waals surface area (Å²) in [5.74, 6) is -0.311. The van der Waals surface area contributed by atoms with Gasteiger partial charge >= 0.3 is 6.01 Å². The number of carbonyl (C=O) groups excluding carboxylic acids is 2. The van der Waals surface area contributed by atoms with Gasteiger partial charge < -0.3 is 20.3 Å². The minimum Gasteiger partial charge on any atom is -0.460 e. The number of likely N-dealkylation sites (tertiary alicyclic amines) is 1. The topological polar surface area (TPSA) is 206 Å². The molecule has 6 rings (SSSR count). The predicted octanol–water partition coefficient (Wildman–Crippen LogP) is 7.08. The molecule has 21 heteroatoms. The zero-order valence-electron chi connectivity index (χ0n) is 34.0. The molecule has 2 amide bonds. The lowest BCUT2D eigenvalue weighted by Gasteiger charge is -2.28. The first-order valence-electron chi connectivity index (χ1n) is 19.9. The normalized spacial score (nSPS) is 14.1. The summed E-state index contributed by atoms with van der Waals surface area (Å²) >= 11 is 12.4. The fourth-order valence-electron chi connectivity index (χ4n) is 6.52. The molecule has 61 heavy (non-hydrogen) atoms. The van der Waals surface area contributed by atoms with Crippen molar-refractivity contribution in [3.05, 3.63) is 87.5 Å². The highest BCUT2D eigenvalue weighted by atomic mass is 35.5. The first-order valence-corrected chi connectivity index (χ1v) is 24.5. The number of rotatable bonds is 20. The Kier molecular flexibility index (Phi) is 15.6. The number of thiophene rings is 1. The van der Waals surface area contributed by atoms with Gasteiger partial charge in [-0.2, -0.15) is 19.6 Å². The first-order chi connectivity index (χ1) is 29.1. The number of ether oxygens (including phenoxy) is 1. The predicted molar refractivity (Wildman–Crippen MR) is 237 cm³/mol. The number of nitrogens with zero attached hydrogens (tertiary/aromatic N) is 5. The molecule has 328 valence electrons. The van der Waals surface area contributed by atoms with Crippen LogP contribution in [0.5, 0.6) is 6.01 Å². The average Bonchev–Trinajstić information content (AvgIpc) is 3.89. The van der Waals surface area contributed by atoms with Crippen molar-refractivity contribution >= 4 is 83.7 Å². The first kappa shape index (κ1) is 46.1. The van der Waals surface area contributed by atoms with Crippen molar-refractivity contribution in [3.63, 3.8) is 0 Å². The Hall–Kier alpha value is -4.37. The van der Waals surface area contributed by atoms with E-state index in [1.807, 2.05) is 35.2 Å². The standard InChI is InChI=1S/C40H49Cl2N9O7S3/c1-26(2)32-25-44-51-37(32)47-40(58-30-18-21-50(3)22-19-30)48-39(51)43-24-27-10-13-29(14-11-27)46-34(52)9-7-5-4-6-8-20-45-60(54,55)35-16-17-36(59-35)61(56,57)49-38(53)31-15-12-28(41)23-33(31)42/h10-17,23,25-26,30,45H,4-9,18-22,24H2,1-3H3,(H,46,52)(H,49,53)(H,43,47,48). The Morgan fingerprint density at radius 1 is 0.902 bits per heavy atom. The van der Waals surface area contributed by atoms with Crippen molar-refractivity contribution in [2.75, 3.05) is 37.3 Å². The zero-order valence-corrected chi connectivity index (χ0v) is 37.9. The number of hydrogen-bond acceptors (Lipinski definition) is 13. The molecule has 4 N–H and O–H groups in total. The third kappa shape index (κ3) is 12.6. The molecular formula is C40H49Cl2N9O7S3. The van der Waals surface area contributed by atoms with Gasteiger partial charge in [0.1, 0.15) is 14.5 Å². The summed E-state index contributed by atoms with van der Waals surface area (Å²) in [6.07, 6.45) is 7.61. The van der Waals surface area contributed by atoms with E-state index in [-0.39, 0.29) is 48.5 Å². The fraction of sp³-hybridized carbons (Fsp3) is 0.425. The molecule has 5 aromatic rings. The number of halogens is 2. The molecule has 1 aliphatic rings. The number of amides is 2. The fourth-order valence-corrected chi connectivity index (χ4v) is 10.9. The van der Waals surface area contributed by atoms with E-state index in [1.165, 1.54) is 24.3 Å². The van der Waals surface area contributed by atoms with Gasteiger partial charge in [-0.15, -0.1) is 11.3 Å². The number of anilines is 2. The molecule has 1 saturated heterocycles. The molecule has 16 nitrogen and oxygen atoms in total. The Balaban J connectivity index is 0.885. The molecule has 1 aliphatic heterocycles. The third-order valence-electron chi connectivity index (χ3n) is 9.98. The van der Waals surface area contributed by atoms with Crippen LogP contribution < -0.4 is 24.8 Å². The molecular weight excluding hydrogens is 886 g/mol. The Labute approximate surface area is 369 Å². The van der Waals surface area contributed by atoms with Gasteiger partial charge in [-0.05, 0) is 86.7 Å². The third-order valence-corrected chi connectivity index (χ3v) is 15.4. The van der Waals surface area contributed by atoms with Crippen LogP contribution in [0, 0.1) is 0 Å². The number of piperidine rings is 1. The van der Waals surface area contributed by atoms with Gasteiger partial charge in [0.15, 0.2) is 5.65 Å². The quantitative estimate of drug-likeness (QED) is 0.0578. The van der Waals surface area contributed by atoms with Crippen molar-refractivity contribution in [1.82, 2.24) is 33.9 Å². The number of carbonyl (C=O) groups is 2. The van der Waals surface area contributed by atoms with Crippen LogP contribution in [0.15, 0.2) is 69.2 Å². The smallest absolute Gasteiger partial charge is 0.322 e. The summed E-state index contributed by atoms with van der Waals surface area (Å²) in [5, 5.41) is 11.1. The van der Waals surface area contributed by atoms with Crippen LogP contribution in [0.1, 0.15) is 92.6 Å². The SMILES string of the molecule is CC(C)c1cnn2c(NCc3ccc(NC(=O)CCCCCCCNS(=O)(=O)c4ccc(S(=O)(=O)NC(=O)c5ccc(Cl)cc5Cl)s4)cc3)nc(OC3CCN(C)CC3)nc12. The van der Waals surface area contributed by atoms with Crippen LogP contribution in [-0.4, -0.2) is 85.9 Å². The maximum atomic E-state index is 12.8. The maximum absolute atomic E-state index is 12.8. The molecule has 0 radical (unpaired) electrons. The summed E-state index contributed by atoms with van der Waals surface area (Å²) in [7, 11) is -6.24. The molecule has 3 aromatic heterocycles. The van der Waals surface area contributed by atoms with Crippen molar-refractivity contribution < 1.29 is 31.2 Å². The van der Waals surface area contributed by atoms with Crippen LogP contribution >= 0.6 is 34.5 Å². The number of unbranched alkanes of at least 4 members (excludes halogenated alkanes) is 4. The average molecular weight is 935 g/mol. The van der Waals surface area contributed by atoms with Crippen LogP contribution in [0.25, 0.3) is 5.65 Å². The van der Waals surface area contributed by atoms with E-state index < -0.39 is 26.0 Å². The van der Waals surface area contributed by atoms with Crippen LogP contribution in [0.4, 0.5) is 11.6 Å². The molecule has 0 atom stereocenters. The van der Waals surface area contributed by atoms with Gasteiger partial charge in [0.2, 0.25) is 21.9 Å². The monoisotopic (exact) mass is 933 g/mol. The van der Waals surface area contributed by atoms with E-state index in [9.17, 15) is 26.4 Å². The number of hydrogen-bond donors (Lipinski definition) is 4. The highest BCUT2D eigenvalue weighted by Gasteiger charge is 2.26. The minimum absolute atomic E-state index is 0.0340. The van der Waals surface area contributed by atoms with Crippen molar-refractivity contribution in [3.8, 4) is 6.01 Å². The Bertz CT molecular complexity index is 2540. The molecule has 0 spiro atoms. The maximum Gasteiger partial charge on any atom is 0.322 e. The van der Waals surface area contributed by atoms with E-state index in [0.29, 0.717) is 60.4 Å². The van der Waals surface area contributed by atoms with Crippen molar-refractivity contribution in [2.45, 2.75) is 92.2 Å². The second-order valence-corrected chi connectivity index (χ2v) is 20.9. The number of aromatic nitrogens is 4. The molecule has 4 heterocycles. The molecule has 0 unspecified atom stereocenters. The lowest BCUT2D eigenvalue weighted by molar-refractivity contribution is -0.116. The van der Waals surface area contributed by atoms with E-state index in [1.54, 1.807) is 4.52 Å². The summed E-state index contributed by atoms with van der Waals surface area (Å²) in [6.45, 7) is 6.75. The number of nitrogens with one attached hydrogen (secondary N) is 4. The van der Waals surface area contributed by atoms with Crippen molar-refractivity contribution in [1.29, 1.82) is 0 Å². The van der Waals surface area contributed by atoms with Gasteiger partial charge in [0.25, 0.3) is 15.9 Å². The van der Waals surface area contributed by atoms with E-state index in [2.05, 4.69) is 51.2 Å². The number of sulfonamides is 2. The van der Waals surface area contributed by atoms with Gasteiger partial charge in [0.05, 0.1) is 16.8 Å². The second-order valence-electron chi connectivity index (χ2n) is 15.1. The zero-order chi connectivity index (χ0) is 43.7. The lowest BCUT2D eigenvalue weighted by Crippen LogP contribution is -2.36.